The summed E-state index contributed by atoms with van der Waals surface area (Å²) >= 11 is 12.2. The number of fused-ring (bicyclic) bond motifs is 1. The Kier molecular flexibility index (Phi) is 5.02. The zero-order chi connectivity index (χ0) is 19.8. The van der Waals surface area contributed by atoms with Gasteiger partial charge in [-0.3, -0.25) is 9.89 Å². The van der Waals surface area contributed by atoms with E-state index in [2.05, 4.69) is 10.2 Å². The first-order valence-corrected chi connectivity index (χ1v) is 9.39. The highest BCUT2D eigenvalue weighted by Crippen LogP contribution is 2.44. The Bertz CT molecular complexity index is 1030. The molecule has 6 nitrogen and oxygen atoms in total. The standard InChI is InChI=1S/C20H17Cl2N3O3/c1-28-9-8-25-19(11-2-4-12(21)5-3-11)16-17(23-24-18(16)20(25)27)14-10-13(22)6-7-15(14)26/h2-7,10,19,26H,8-9H2,1H3,(H,23,24). The van der Waals surface area contributed by atoms with E-state index in [1.54, 1.807) is 36.3 Å². The number of ether oxygens (including phenoxy) is 1. The molecule has 1 amide bonds. The van der Waals surface area contributed by atoms with E-state index in [9.17, 15) is 9.90 Å². The van der Waals surface area contributed by atoms with E-state index < -0.39 is 0 Å². The molecule has 1 aliphatic rings. The first kappa shape index (κ1) is 18.8. The number of carbonyl (C=O) groups is 1. The quantitative estimate of drug-likeness (QED) is 0.649. The topological polar surface area (TPSA) is 78.5 Å². The monoisotopic (exact) mass is 417 g/mol. The van der Waals surface area contributed by atoms with E-state index in [0.717, 1.165) is 5.56 Å². The fourth-order valence-electron chi connectivity index (χ4n) is 3.51. The first-order valence-electron chi connectivity index (χ1n) is 8.63. The summed E-state index contributed by atoms with van der Waals surface area (Å²) in [7, 11) is 1.59. The molecule has 2 N–H and O–H groups in total. The van der Waals surface area contributed by atoms with Crippen LogP contribution in [0.3, 0.4) is 0 Å². The lowest BCUT2D eigenvalue weighted by Gasteiger charge is -2.26. The van der Waals surface area contributed by atoms with Crippen LogP contribution in [0.5, 0.6) is 5.75 Å². The molecule has 1 atom stereocenters. The molecule has 2 heterocycles. The fourth-order valence-corrected chi connectivity index (χ4v) is 3.81. The van der Waals surface area contributed by atoms with Crippen molar-refractivity contribution in [2.45, 2.75) is 6.04 Å². The first-order chi connectivity index (χ1) is 13.5. The molecule has 0 spiro atoms. The number of rotatable bonds is 5. The predicted molar refractivity (Wildman–Crippen MR) is 107 cm³/mol. The van der Waals surface area contributed by atoms with Crippen LogP contribution in [0.25, 0.3) is 11.3 Å². The molecular formula is C20H17Cl2N3O3. The number of aromatic nitrogens is 2. The van der Waals surface area contributed by atoms with Crippen LogP contribution in [0.4, 0.5) is 0 Å². The van der Waals surface area contributed by atoms with E-state index in [1.165, 1.54) is 6.07 Å². The summed E-state index contributed by atoms with van der Waals surface area (Å²) in [4.78, 5) is 14.8. The lowest BCUT2D eigenvalue weighted by Crippen LogP contribution is -2.32. The fraction of sp³-hybridized carbons (Fsp3) is 0.200. The molecule has 0 fully saturated rings. The van der Waals surface area contributed by atoms with Gasteiger partial charge in [0.15, 0.2) is 0 Å². The number of nitrogens with one attached hydrogen (secondary N) is 1. The van der Waals surface area contributed by atoms with Crippen molar-refractivity contribution in [2.24, 2.45) is 0 Å². The van der Waals surface area contributed by atoms with Crippen molar-refractivity contribution in [3.63, 3.8) is 0 Å². The Morgan fingerprint density at radius 1 is 1.18 bits per heavy atom. The molecular weight excluding hydrogens is 401 g/mol. The molecule has 1 unspecified atom stereocenters. The molecule has 8 heteroatoms. The number of hydrogen-bond donors (Lipinski definition) is 2. The number of aromatic hydroxyl groups is 1. The van der Waals surface area contributed by atoms with Crippen molar-refractivity contribution < 1.29 is 14.6 Å². The maximum Gasteiger partial charge on any atom is 0.273 e. The summed E-state index contributed by atoms with van der Waals surface area (Å²) in [6.45, 7) is 0.803. The van der Waals surface area contributed by atoms with Gasteiger partial charge in [-0.15, -0.1) is 0 Å². The number of hydrogen-bond acceptors (Lipinski definition) is 4. The van der Waals surface area contributed by atoms with Crippen LogP contribution in [0, 0.1) is 0 Å². The van der Waals surface area contributed by atoms with Gasteiger partial charge in [0, 0.05) is 34.8 Å². The van der Waals surface area contributed by atoms with E-state index >= 15 is 0 Å². The SMILES string of the molecule is COCCN1C(=O)c2[nH]nc(-c3cc(Cl)ccc3O)c2C1c1ccc(Cl)cc1. The zero-order valence-electron chi connectivity index (χ0n) is 14.9. The van der Waals surface area contributed by atoms with Crippen LogP contribution >= 0.6 is 23.2 Å². The number of halogens is 2. The maximum atomic E-state index is 13.0. The third-order valence-electron chi connectivity index (χ3n) is 4.80. The summed E-state index contributed by atoms with van der Waals surface area (Å²) < 4.78 is 5.18. The number of carbonyl (C=O) groups excluding carboxylic acids is 1. The molecule has 0 aliphatic carbocycles. The largest absolute Gasteiger partial charge is 0.507 e. The highest BCUT2D eigenvalue weighted by atomic mass is 35.5. The van der Waals surface area contributed by atoms with E-state index in [1.807, 2.05) is 12.1 Å². The molecule has 4 rings (SSSR count). The van der Waals surface area contributed by atoms with Crippen molar-refractivity contribution in [1.29, 1.82) is 0 Å². The molecule has 144 valence electrons. The number of methoxy groups -OCH3 is 1. The van der Waals surface area contributed by atoms with Crippen LogP contribution in [-0.2, 0) is 4.74 Å². The van der Waals surface area contributed by atoms with Gasteiger partial charge in [0.25, 0.3) is 5.91 Å². The number of amides is 1. The summed E-state index contributed by atoms with van der Waals surface area (Å²) in [5.74, 6) is -0.136. The lowest BCUT2D eigenvalue weighted by atomic mass is 9.96. The van der Waals surface area contributed by atoms with E-state index in [4.69, 9.17) is 27.9 Å². The van der Waals surface area contributed by atoms with Crippen molar-refractivity contribution in [2.75, 3.05) is 20.3 Å². The van der Waals surface area contributed by atoms with Gasteiger partial charge in [-0.25, -0.2) is 0 Å². The summed E-state index contributed by atoms with van der Waals surface area (Å²) in [6, 6.07) is 11.7. The number of H-pyrrole nitrogens is 1. The van der Waals surface area contributed by atoms with E-state index in [0.29, 0.717) is 45.7 Å². The molecule has 2 aromatic carbocycles. The van der Waals surface area contributed by atoms with Gasteiger partial charge in [-0.1, -0.05) is 35.3 Å². The molecule has 0 saturated heterocycles. The minimum Gasteiger partial charge on any atom is -0.507 e. The second-order valence-corrected chi connectivity index (χ2v) is 7.34. The average Bonchev–Trinajstić information content (AvgIpc) is 3.22. The van der Waals surface area contributed by atoms with Gasteiger partial charge < -0.3 is 14.7 Å². The van der Waals surface area contributed by atoms with Gasteiger partial charge >= 0.3 is 0 Å². The third-order valence-corrected chi connectivity index (χ3v) is 5.29. The maximum absolute atomic E-state index is 13.0. The van der Waals surface area contributed by atoms with Gasteiger partial charge in [0.2, 0.25) is 0 Å². The van der Waals surface area contributed by atoms with Crippen molar-refractivity contribution >= 4 is 29.1 Å². The number of benzene rings is 2. The Hall–Kier alpha value is -2.54. The Morgan fingerprint density at radius 3 is 2.61 bits per heavy atom. The van der Waals surface area contributed by atoms with Gasteiger partial charge in [0.05, 0.1) is 12.6 Å². The minimum absolute atomic E-state index is 0.0383. The van der Waals surface area contributed by atoms with Crippen LogP contribution in [-0.4, -0.2) is 46.4 Å². The number of aromatic amines is 1. The van der Waals surface area contributed by atoms with Crippen LogP contribution in [0.2, 0.25) is 10.0 Å². The van der Waals surface area contributed by atoms with Gasteiger partial charge in [-0.05, 0) is 35.9 Å². The van der Waals surface area contributed by atoms with Crippen molar-refractivity contribution in [3.05, 3.63) is 69.3 Å². The number of phenolic OH excluding ortho intramolecular Hbond substituents is 1. The molecule has 0 saturated carbocycles. The second kappa shape index (κ2) is 7.47. The number of phenols is 1. The van der Waals surface area contributed by atoms with Crippen LogP contribution in [0.15, 0.2) is 42.5 Å². The summed E-state index contributed by atoms with van der Waals surface area (Å²) in [5.41, 5.74) is 2.93. The average molecular weight is 418 g/mol. The molecule has 28 heavy (non-hydrogen) atoms. The highest BCUT2D eigenvalue weighted by molar-refractivity contribution is 6.31. The lowest BCUT2D eigenvalue weighted by molar-refractivity contribution is 0.0677. The highest BCUT2D eigenvalue weighted by Gasteiger charge is 2.42. The molecule has 3 aromatic rings. The Morgan fingerprint density at radius 2 is 1.89 bits per heavy atom. The second-order valence-electron chi connectivity index (χ2n) is 6.47. The van der Waals surface area contributed by atoms with Crippen LogP contribution in [0.1, 0.15) is 27.7 Å². The Balaban J connectivity index is 1.89. The van der Waals surface area contributed by atoms with Crippen molar-refractivity contribution in [1.82, 2.24) is 15.1 Å². The van der Waals surface area contributed by atoms with Crippen molar-refractivity contribution in [3.8, 4) is 17.0 Å². The summed E-state index contributed by atoms with van der Waals surface area (Å²) in [5, 5.41) is 18.6. The normalized spacial score (nSPS) is 15.9. The molecule has 0 radical (unpaired) electrons. The Labute approximate surface area is 171 Å². The molecule has 0 bridgehead atoms. The third kappa shape index (κ3) is 3.13. The smallest absolute Gasteiger partial charge is 0.273 e. The summed E-state index contributed by atoms with van der Waals surface area (Å²) in [6.07, 6.45) is 0. The number of nitrogens with zero attached hydrogens (tertiary/aromatic N) is 2. The van der Waals surface area contributed by atoms with Gasteiger partial charge in [-0.2, -0.15) is 5.10 Å². The minimum atomic E-state index is -0.387. The van der Waals surface area contributed by atoms with E-state index in [-0.39, 0.29) is 17.7 Å². The molecule has 1 aliphatic heterocycles. The molecule has 1 aromatic heterocycles. The zero-order valence-corrected chi connectivity index (χ0v) is 16.5. The van der Waals surface area contributed by atoms with Crippen LogP contribution < -0.4 is 0 Å². The predicted octanol–water partition coefficient (Wildman–Crippen LogP) is 4.28. The van der Waals surface area contributed by atoms with Gasteiger partial charge in [0.1, 0.15) is 17.1 Å².